The van der Waals surface area contributed by atoms with Crippen LogP contribution in [0.1, 0.15) is 44.9 Å². The van der Waals surface area contributed by atoms with Gasteiger partial charge in [0.25, 0.3) is 0 Å². The van der Waals surface area contributed by atoms with E-state index in [1.807, 2.05) is 6.20 Å². The predicted molar refractivity (Wildman–Crippen MR) is 76.7 cm³/mol. The van der Waals surface area contributed by atoms with Crippen molar-refractivity contribution in [3.8, 4) is 0 Å². The number of hydrogen-bond donors (Lipinski definition) is 1. The van der Waals surface area contributed by atoms with E-state index < -0.39 is 0 Å². The van der Waals surface area contributed by atoms with E-state index in [1.54, 1.807) is 11.3 Å². The summed E-state index contributed by atoms with van der Waals surface area (Å²) in [5.41, 5.74) is 0. The van der Waals surface area contributed by atoms with E-state index in [-0.39, 0.29) is 0 Å². The maximum absolute atomic E-state index is 4.39. The Hall–Kier alpha value is -0.610. The van der Waals surface area contributed by atoms with Crippen molar-refractivity contribution >= 4 is 16.5 Å². The normalized spacial score (nSPS) is 13.0. The van der Waals surface area contributed by atoms with Gasteiger partial charge in [0.1, 0.15) is 0 Å². The maximum atomic E-state index is 4.39. The van der Waals surface area contributed by atoms with Crippen molar-refractivity contribution in [2.24, 2.45) is 0 Å². The van der Waals surface area contributed by atoms with Gasteiger partial charge in [0.2, 0.25) is 0 Å². The average molecular weight is 255 g/mol. The van der Waals surface area contributed by atoms with E-state index in [1.165, 1.54) is 17.7 Å². The molecule has 4 heteroatoms. The molecule has 0 saturated carbocycles. The summed E-state index contributed by atoms with van der Waals surface area (Å²) in [6, 6.07) is 0.647. The zero-order valence-corrected chi connectivity index (χ0v) is 12.3. The van der Waals surface area contributed by atoms with Crippen molar-refractivity contribution in [2.75, 3.05) is 18.9 Å². The van der Waals surface area contributed by atoms with E-state index in [9.17, 15) is 0 Å². The molecular weight excluding hydrogens is 230 g/mol. The fourth-order valence-corrected chi connectivity index (χ4v) is 2.64. The fourth-order valence-electron chi connectivity index (χ4n) is 1.73. The maximum Gasteiger partial charge on any atom is 0.182 e. The highest BCUT2D eigenvalue weighted by Crippen LogP contribution is 2.20. The second kappa shape index (κ2) is 7.67. The number of nitrogens with zero attached hydrogens (tertiary/aromatic N) is 2. The lowest BCUT2D eigenvalue weighted by Crippen LogP contribution is -2.27. The molecule has 1 unspecified atom stereocenters. The van der Waals surface area contributed by atoms with Gasteiger partial charge in [0.15, 0.2) is 5.13 Å². The highest BCUT2D eigenvalue weighted by atomic mass is 32.1. The molecule has 0 fully saturated rings. The highest BCUT2D eigenvalue weighted by Gasteiger charge is 2.10. The Balaban J connectivity index is 2.42. The van der Waals surface area contributed by atoms with Crippen LogP contribution in [0.15, 0.2) is 6.20 Å². The minimum atomic E-state index is 0.647. The third-order valence-corrected chi connectivity index (χ3v) is 3.88. The number of aromatic nitrogens is 1. The first-order valence-electron chi connectivity index (χ1n) is 6.56. The Morgan fingerprint density at radius 2 is 2.18 bits per heavy atom. The molecular formula is C13H25N3S. The Morgan fingerprint density at radius 3 is 2.82 bits per heavy atom. The fraction of sp³-hybridized carbons (Fsp3) is 0.769. The van der Waals surface area contributed by atoms with Crippen molar-refractivity contribution < 1.29 is 0 Å². The summed E-state index contributed by atoms with van der Waals surface area (Å²) in [5, 5.41) is 4.39. The number of thiazole rings is 1. The molecule has 1 aromatic rings. The van der Waals surface area contributed by atoms with Crippen LogP contribution in [0.2, 0.25) is 0 Å². The number of hydrogen-bond acceptors (Lipinski definition) is 4. The summed E-state index contributed by atoms with van der Waals surface area (Å²) in [6.07, 6.45) is 5.65. The van der Waals surface area contributed by atoms with Gasteiger partial charge in [-0.05, 0) is 26.8 Å². The van der Waals surface area contributed by atoms with Gasteiger partial charge in [-0.15, -0.1) is 11.3 Å². The molecule has 0 spiro atoms. The largest absolute Gasteiger partial charge is 0.362 e. The van der Waals surface area contributed by atoms with Gasteiger partial charge in [-0.2, -0.15) is 0 Å². The first-order valence-corrected chi connectivity index (χ1v) is 7.37. The molecule has 0 aliphatic heterocycles. The van der Waals surface area contributed by atoms with E-state index in [4.69, 9.17) is 0 Å². The van der Waals surface area contributed by atoms with Crippen molar-refractivity contribution in [1.82, 2.24) is 9.88 Å². The van der Waals surface area contributed by atoms with Gasteiger partial charge in [0, 0.05) is 30.2 Å². The van der Waals surface area contributed by atoms with E-state index in [2.05, 4.69) is 43.0 Å². The van der Waals surface area contributed by atoms with Gasteiger partial charge >= 0.3 is 0 Å². The minimum Gasteiger partial charge on any atom is -0.362 e. The number of rotatable bonds is 8. The minimum absolute atomic E-state index is 0.647. The van der Waals surface area contributed by atoms with Crippen LogP contribution in [-0.4, -0.2) is 29.5 Å². The molecule has 0 aliphatic rings. The summed E-state index contributed by atoms with van der Waals surface area (Å²) >= 11 is 1.77. The Morgan fingerprint density at radius 1 is 1.41 bits per heavy atom. The Kier molecular flexibility index (Phi) is 6.52. The first-order chi connectivity index (χ1) is 8.17. The van der Waals surface area contributed by atoms with Crippen LogP contribution in [0.25, 0.3) is 0 Å². The molecule has 17 heavy (non-hydrogen) atoms. The summed E-state index contributed by atoms with van der Waals surface area (Å²) in [5.74, 6) is 0. The lowest BCUT2D eigenvalue weighted by atomic mass is 10.2. The van der Waals surface area contributed by atoms with Crippen LogP contribution in [0.3, 0.4) is 0 Å². The predicted octanol–water partition coefficient (Wildman–Crippen LogP) is 3.59. The van der Waals surface area contributed by atoms with Gasteiger partial charge in [0.05, 0.1) is 0 Å². The standard InChI is InChI=1S/C13H25N3S/c1-5-7-11(3)16(4)10-12-9-15-13(17-12)14-8-6-2/h9,11H,5-8,10H2,1-4H3,(H,14,15). The second-order valence-corrected chi connectivity index (χ2v) is 5.73. The molecule has 1 atom stereocenters. The average Bonchev–Trinajstić information content (AvgIpc) is 2.74. The molecule has 1 heterocycles. The highest BCUT2D eigenvalue weighted by molar-refractivity contribution is 7.15. The monoisotopic (exact) mass is 255 g/mol. The van der Waals surface area contributed by atoms with Crippen LogP contribution in [0.5, 0.6) is 0 Å². The quantitative estimate of drug-likeness (QED) is 0.769. The summed E-state index contributed by atoms with van der Waals surface area (Å²) in [7, 11) is 2.19. The van der Waals surface area contributed by atoms with E-state index >= 15 is 0 Å². The molecule has 3 nitrogen and oxygen atoms in total. The molecule has 0 aromatic carbocycles. The molecule has 0 radical (unpaired) electrons. The van der Waals surface area contributed by atoms with Crippen LogP contribution >= 0.6 is 11.3 Å². The van der Waals surface area contributed by atoms with E-state index in [0.717, 1.165) is 24.6 Å². The number of nitrogens with one attached hydrogen (secondary N) is 1. The second-order valence-electron chi connectivity index (χ2n) is 4.61. The molecule has 1 aromatic heterocycles. The molecule has 0 aliphatic carbocycles. The van der Waals surface area contributed by atoms with E-state index in [0.29, 0.717) is 6.04 Å². The van der Waals surface area contributed by atoms with Gasteiger partial charge < -0.3 is 5.32 Å². The van der Waals surface area contributed by atoms with Crippen LogP contribution in [0.4, 0.5) is 5.13 Å². The molecule has 0 bridgehead atoms. The Bertz CT molecular complexity index is 311. The van der Waals surface area contributed by atoms with Gasteiger partial charge in [-0.3, -0.25) is 4.90 Å². The van der Waals surface area contributed by atoms with Crippen LogP contribution in [0, 0.1) is 0 Å². The third-order valence-electron chi connectivity index (χ3n) is 2.94. The first kappa shape index (κ1) is 14.5. The molecule has 1 N–H and O–H groups in total. The molecule has 0 saturated heterocycles. The van der Waals surface area contributed by atoms with Crippen LogP contribution < -0.4 is 5.32 Å². The lowest BCUT2D eigenvalue weighted by Gasteiger charge is -2.23. The SMILES string of the molecule is CCCNc1ncc(CN(C)C(C)CCC)s1. The van der Waals surface area contributed by atoms with Crippen LogP contribution in [-0.2, 0) is 6.54 Å². The van der Waals surface area contributed by atoms with Gasteiger partial charge in [-0.1, -0.05) is 20.3 Å². The van der Waals surface area contributed by atoms with Crippen molar-refractivity contribution in [2.45, 2.75) is 52.6 Å². The third kappa shape index (κ3) is 5.04. The summed E-state index contributed by atoms with van der Waals surface area (Å²) in [4.78, 5) is 8.14. The summed E-state index contributed by atoms with van der Waals surface area (Å²) in [6.45, 7) is 8.72. The molecule has 98 valence electrons. The van der Waals surface area contributed by atoms with Gasteiger partial charge in [-0.25, -0.2) is 4.98 Å². The zero-order chi connectivity index (χ0) is 12.7. The summed E-state index contributed by atoms with van der Waals surface area (Å²) < 4.78 is 0. The molecule has 1 rings (SSSR count). The Labute approximate surface area is 109 Å². The molecule has 0 amide bonds. The van der Waals surface area contributed by atoms with Crippen molar-refractivity contribution in [1.29, 1.82) is 0 Å². The number of anilines is 1. The van der Waals surface area contributed by atoms with Crippen molar-refractivity contribution in [3.05, 3.63) is 11.1 Å². The topological polar surface area (TPSA) is 28.2 Å². The van der Waals surface area contributed by atoms with Crippen molar-refractivity contribution in [3.63, 3.8) is 0 Å². The zero-order valence-electron chi connectivity index (χ0n) is 11.5. The smallest absolute Gasteiger partial charge is 0.182 e. The lowest BCUT2D eigenvalue weighted by molar-refractivity contribution is 0.238.